The van der Waals surface area contributed by atoms with Crippen LogP contribution in [0.15, 0.2) is 0 Å². The van der Waals surface area contributed by atoms with Gasteiger partial charge >= 0.3 is 0 Å². The zero-order chi connectivity index (χ0) is 6.69. The van der Waals surface area contributed by atoms with Gasteiger partial charge in [0.2, 0.25) is 0 Å². The van der Waals surface area contributed by atoms with Crippen LogP contribution < -0.4 is 0 Å². The first kappa shape index (κ1) is 7.46. The maximum absolute atomic E-state index is 5.14. The molecule has 1 heterocycles. The Labute approximate surface area is 58.8 Å². The minimum atomic E-state index is 0.453. The number of likely N-dealkylation sites (N-methyl/N-ethyl adjacent to an activating group) is 1. The van der Waals surface area contributed by atoms with Crippen LogP contribution in [-0.2, 0) is 4.52 Å². The lowest BCUT2D eigenvalue weighted by molar-refractivity contribution is 0.122. The van der Waals surface area contributed by atoms with E-state index in [1.807, 2.05) is 0 Å². The Morgan fingerprint density at radius 2 is 2.44 bits per heavy atom. The van der Waals surface area contributed by atoms with Crippen LogP contribution in [0, 0.1) is 0 Å². The van der Waals surface area contributed by atoms with Crippen LogP contribution in [0.3, 0.4) is 0 Å². The van der Waals surface area contributed by atoms with E-state index in [1.54, 1.807) is 0 Å². The van der Waals surface area contributed by atoms with Crippen molar-refractivity contribution in [3.05, 3.63) is 0 Å². The molecule has 0 amide bonds. The molecule has 1 unspecified atom stereocenters. The van der Waals surface area contributed by atoms with Gasteiger partial charge in [-0.05, 0) is 26.4 Å². The number of likely N-dealkylation sites (tertiary alicyclic amines) is 1. The van der Waals surface area contributed by atoms with E-state index in [9.17, 15) is 0 Å². The molecule has 0 saturated carbocycles. The normalized spacial score (nSPS) is 30.7. The molecule has 2 atom stereocenters. The van der Waals surface area contributed by atoms with Crippen LogP contribution in [0.2, 0.25) is 0 Å². The summed E-state index contributed by atoms with van der Waals surface area (Å²) < 4.78 is 5.14. The fourth-order valence-corrected chi connectivity index (χ4v) is 1.45. The van der Waals surface area contributed by atoms with Crippen molar-refractivity contribution in [3.8, 4) is 0 Å². The highest BCUT2D eigenvalue weighted by atomic mass is 31.0. The first-order chi connectivity index (χ1) is 4.33. The number of hydrogen-bond donors (Lipinski definition) is 0. The molecule has 54 valence electrons. The number of rotatable bonds is 1. The molecule has 9 heavy (non-hydrogen) atoms. The minimum Gasteiger partial charge on any atom is -0.361 e. The van der Waals surface area contributed by atoms with Crippen LogP contribution >= 0.6 is 9.47 Å². The summed E-state index contributed by atoms with van der Waals surface area (Å²) >= 11 is 0. The van der Waals surface area contributed by atoms with Gasteiger partial charge < -0.3 is 9.42 Å². The number of piperidine rings is 1. The van der Waals surface area contributed by atoms with Gasteiger partial charge in [0.05, 0.1) is 6.10 Å². The van der Waals surface area contributed by atoms with E-state index in [1.165, 1.54) is 19.4 Å². The Hall–Kier alpha value is 0.350. The van der Waals surface area contributed by atoms with E-state index in [-0.39, 0.29) is 0 Å². The van der Waals surface area contributed by atoms with Gasteiger partial charge in [-0.2, -0.15) is 0 Å². The van der Waals surface area contributed by atoms with Crippen LogP contribution in [0.4, 0.5) is 0 Å². The summed E-state index contributed by atoms with van der Waals surface area (Å²) in [5, 5.41) is 0. The third-order valence-corrected chi connectivity index (χ3v) is 2.16. The van der Waals surface area contributed by atoms with Crippen molar-refractivity contribution in [2.75, 3.05) is 20.1 Å². The molecule has 0 aromatic heterocycles. The van der Waals surface area contributed by atoms with Crippen molar-refractivity contribution < 1.29 is 4.52 Å². The van der Waals surface area contributed by atoms with Gasteiger partial charge in [-0.25, -0.2) is 0 Å². The maximum Gasteiger partial charge on any atom is 0.0738 e. The molecule has 0 aromatic carbocycles. The van der Waals surface area contributed by atoms with Crippen molar-refractivity contribution in [2.45, 2.75) is 18.9 Å². The summed E-state index contributed by atoms with van der Waals surface area (Å²) in [5.74, 6) is 0. The highest BCUT2D eigenvalue weighted by molar-refractivity contribution is 7.09. The first-order valence-corrected chi connectivity index (χ1v) is 3.84. The lowest BCUT2D eigenvalue weighted by atomic mass is 10.1. The molecular formula is C6H14NOP. The van der Waals surface area contributed by atoms with Crippen LogP contribution in [0.1, 0.15) is 12.8 Å². The highest BCUT2D eigenvalue weighted by Crippen LogP contribution is 2.12. The summed E-state index contributed by atoms with van der Waals surface area (Å²) in [6.45, 7) is 2.31. The molecule has 0 bridgehead atoms. The zero-order valence-electron chi connectivity index (χ0n) is 5.84. The monoisotopic (exact) mass is 147 g/mol. The Morgan fingerprint density at radius 1 is 1.67 bits per heavy atom. The molecule has 3 heteroatoms. The molecule has 2 nitrogen and oxygen atoms in total. The summed E-state index contributed by atoms with van der Waals surface area (Å²) in [4.78, 5) is 2.30. The summed E-state index contributed by atoms with van der Waals surface area (Å²) in [6.07, 6.45) is 2.94. The Morgan fingerprint density at radius 3 is 2.89 bits per heavy atom. The van der Waals surface area contributed by atoms with Gasteiger partial charge in [0.25, 0.3) is 0 Å². The molecular weight excluding hydrogens is 133 g/mol. The predicted octanol–water partition coefficient (Wildman–Crippen LogP) is 0.887. The van der Waals surface area contributed by atoms with E-state index in [2.05, 4.69) is 21.4 Å². The van der Waals surface area contributed by atoms with E-state index in [4.69, 9.17) is 4.52 Å². The topological polar surface area (TPSA) is 12.5 Å². The predicted molar refractivity (Wildman–Crippen MR) is 41.3 cm³/mol. The Kier molecular flexibility index (Phi) is 2.90. The van der Waals surface area contributed by atoms with Crippen LogP contribution in [0.5, 0.6) is 0 Å². The standard InChI is InChI=1S/C6H14NOP/c1-7-4-2-3-6(5-7)8-9/h6H,2-5,9H2,1H3/t6-/m0/s1. The average molecular weight is 147 g/mol. The van der Waals surface area contributed by atoms with Crippen molar-refractivity contribution in [1.29, 1.82) is 0 Å². The fourth-order valence-electron chi connectivity index (χ4n) is 1.23. The third kappa shape index (κ3) is 2.21. The van der Waals surface area contributed by atoms with Gasteiger partial charge in [-0.3, -0.25) is 0 Å². The summed E-state index contributed by atoms with van der Waals surface area (Å²) in [5.41, 5.74) is 0. The lowest BCUT2D eigenvalue weighted by Crippen LogP contribution is -2.35. The Bertz CT molecular complexity index is 89.1. The fraction of sp³-hybridized carbons (Fsp3) is 1.00. The van der Waals surface area contributed by atoms with Gasteiger partial charge in [-0.15, -0.1) is 0 Å². The largest absolute Gasteiger partial charge is 0.361 e. The van der Waals surface area contributed by atoms with E-state index in [0.29, 0.717) is 6.10 Å². The molecule has 0 aliphatic carbocycles. The van der Waals surface area contributed by atoms with Gasteiger partial charge in [0.15, 0.2) is 0 Å². The Balaban J connectivity index is 2.23. The van der Waals surface area contributed by atoms with Gasteiger partial charge in [0.1, 0.15) is 0 Å². The molecule has 0 aromatic rings. The summed E-state index contributed by atoms with van der Waals surface area (Å²) in [7, 11) is 4.47. The van der Waals surface area contributed by atoms with Gasteiger partial charge in [0, 0.05) is 16.0 Å². The molecule has 1 rings (SSSR count). The SMILES string of the molecule is CN1CCC[C@H](OP)C1. The maximum atomic E-state index is 5.14. The quantitative estimate of drug-likeness (QED) is 0.511. The van der Waals surface area contributed by atoms with Crippen LogP contribution in [-0.4, -0.2) is 31.1 Å². The van der Waals surface area contributed by atoms with E-state index in [0.717, 1.165) is 6.54 Å². The van der Waals surface area contributed by atoms with Crippen molar-refractivity contribution in [3.63, 3.8) is 0 Å². The van der Waals surface area contributed by atoms with E-state index < -0.39 is 0 Å². The third-order valence-electron chi connectivity index (χ3n) is 1.77. The van der Waals surface area contributed by atoms with E-state index >= 15 is 0 Å². The van der Waals surface area contributed by atoms with Crippen LogP contribution in [0.25, 0.3) is 0 Å². The van der Waals surface area contributed by atoms with Crippen molar-refractivity contribution in [2.24, 2.45) is 0 Å². The first-order valence-electron chi connectivity index (χ1n) is 3.37. The lowest BCUT2D eigenvalue weighted by Gasteiger charge is -2.28. The second kappa shape index (κ2) is 3.50. The minimum absolute atomic E-state index is 0.453. The molecule has 0 radical (unpaired) electrons. The van der Waals surface area contributed by atoms with Crippen molar-refractivity contribution >= 4 is 9.47 Å². The smallest absolute Gasteiger partial charge is 0.0738 e. The molecule has 1 fully saturated rings. The molecule has 0 N–H and O–H groups in total. The zero-order valence-corrected chi connectivity index (χ0v) is 6.99. The number of nitrogens with zero attached hydrogens (tertiary/aromatic N) is 1. The van der Waals surface area contributed by atoms with Gasteiger partial charge in [-0.1, -0.05) is 0 Å². The highest BCUT2D eigenvalue weighted by Gasteiger charge is 2.15. The molecule has 1 aliphatic rings. The molecule has 1 aliphatic heterocycles. The van der Waals surface area contributed by atoms with Crippen molar-refractivity contribution in [1.82, 2.24) is 4.90 Å². The molecule has 1 saturated heterocycles. The second-order valence-electron chi connectivity index (χ2n) is 2.66. The summed E-state index contributed by atoms with van der Waals surface area (Å²) in [6, 6.07) is 0. The number of hydrogen-bond acceptors (Lipinski definition) is 2. The molecule has 0 spiro atoms. The second-order valence-corrected chi connectivity index (χ2v) is 2.93. The average Bonchev–Trinajstić information content (AvgIpc) is 1.88.